The van der Waals surface area contributed by atoms with Gasteiger partial charge in [0.15, 0.2) is 9.84 Å². The molecule has 1 aliphatic rings. The van der Waals surface area contributed by atoms with Gasteiger partial charge in [-0.25, -0.2) is 13.4 Å². The SMILES string of the molecule is CC(=O)OC1CCCn2c1c(Sc1ccccc1)c1c(S(C)(=O)=O)ccnc12. The summed E-state index contributed by atoms with van der Waals surface area (Å²) in [5, 5.41) is 0.605. The summed E-state index contributed by atoms with van der Waals surface area (Å²) in [6.07, 6.45) is 3.85. The van der Waals surface area contributed by atoms with Crippen molar-refractivity contribution in [2.45, 2.75) is 47.1 Å². The number of nitrogens with zero attached hydrogens (tertiary/aromatic N) is 2. The molecule has 2 aromatic heterocycles. The Morgan fingerprint density at radius 3 is 2.68 bits per heavy atom. The van der Waals surface area contributed by atoms with Gasteiger partial charge < -0.3 is 9.30 Å². The Hall–Kier alpha value is -2.32. The van der Waals surface area contributed by atoms with Crippen LogP contribution in [0.4, 0.5) is 0 Å². The fourth-order valence-electron chi connectivity index (χ4n) is 3.67. The number of hydrogen-bond acceptors (Lipinski definition) is 6. The lowest BCUT2D eigenvalue weighted by atomic mass is 10.1. The minimum atomic E-state index is -3.46. The van der Waals surface area contributed by atoms with Crippen LogP contribution in [0.1, 0.15) is 31.6 Å². The number of carbonyl (C=O) groups excluding carboxylic acids is 1. The summed E-state index contributed by atoms with van der Waals surface area (Å²) >= 11 is 1.48. The number of esters is 1. The molecule has 1 aromatic carbocycles. The molecule has 0 N–H and O–H groups in total. The summed E-state index contributed by atoms with van der Waals surface area (Å²) in [4.78, 5) is 18.2. The molecule has 0 amide bonds. The second-order valence-electron chi connectivity index (χ2n) is 6.80. The molecule has 0 radical (unpaired) electrons. The lowest BCUT2D eigenvalue weighted by molar-refractivity contribution is -0.148. The number of hydrogen-bond donors (Lipinski definition) is 0. The molecule has 1 unspecified atom stereocenters. The van der Waals surface area contributed by atoms with Gasteiger partial charge in [-0.3, -0.25) is 4.79 Å². The van der Waals surface area contributed by atoms with E-state index in [-0.39, 0.29) is 10.9 Å². The molecule has 1 aliphatic heterocycles. The van der Waals surface area contributed by atoms with E-state index in [0.29, 0.717) is 24.0 Å². The molecule has 3 aromatic rings. The Morgan fingerprint density at radius 2 is 2.00 bits per heavy atom. The molecule has 0 saturated heterocycles. The molecule has 8 heteroatoms. The number of benzene rings is 1. The van der Waals surface area contributed by atoms with Gasteiger partial charge in [-0.2, -0.15) is 0 Å². The van der Waals surface area contributed by atoms with E-state index in [4.69, 9.17) is 4.74 Å². The molecular formula is C20H20N2O4S2. The van der Waals surface area contributed by atoms with Crippen molar-refractivity contribution in [3.8, 4) is 0 Å². The highest BCUT2D eigenvalue weighted by Gasteiger charge is 2.33. The average Bonchev–Trinajstić information content (AvgIpc) is 2.96. The number of fused-ring (bicyclic) bond motifs is 3. The standard InChI is InChI=1S/C20H20N2O4S2/c1-13(23)26-15-9-6-12-22-18(15)19(27-14-7-4-3-5-8-14)17-16(28(2,24)25)10-11-21-20(17)22/h3-5,7-8,10-11,15H,6,9,12H2,1-2H3. The van der Waals surface area contributed by atoms with Crippen LogP contribution in [0.25, 0.3) is 11.0 Å². The van der Waals surface area contributed by atoms with Gasteiger partial charge in [0, 0.05) is 35.7 Å². The van der Waals surface area contributed by atoms with Crippen LogP contribution in [0.2, 0.25) is 0 Å². The number of rotatable bonds is 4. The summed E-state index contributed by atoms with van der Waals surface area (Å²) in [5.74, 6) is -0.351. The minimum Gasteiger partial charge on any atom is -0.456 e. The predicted octanol–water partition coefficient (Wildman–Crippen LogP) is 3.99. The van der Waals surface area contributed by atoms with E-state index in [1.807, 2.05) is 34.9 Å². The average molecular weight is 417 g/mol. The Morgan fingerprint density at radius 1 is 1.25 bits per heavy atom. The van der Waals surface area contributed by atoms with Crippen LogP contribution >= 0.6 is 11.8 Å². The third kappa shape index (κ3) is 3.42. The van der Waals surface area contributed by atoms with Crippen molar-refractivity contribution < 1.29 is 17.9 Å². The van der Waals surface area contributed by atoms with E-state index in [1.54, 1.807) is 6.07 Å². The highest BCUT2D eigenvalue weighted by atomic mass is 32.2. The van der Waals surface area contributed by atoms with Gasteiger partial charge in [0.05, 0.1) is 16.0 Å². The number of aryl methyl sites for hydroxylation is 1. The molecule has 0 fully saturated rings. The Balaban J connectivity index is 2.03. The molecule has 28 heavy (non-hydrogen) atoms. The van der Waals surface area contributed by atoms with E-state index in [1.165, 1.54) is 31.1 Å². The third-order valence-corrected chi connectivity index (χ3v) is 6.99. The first-order chi connectivity index (χ1) is 13.4. The van der Waals surface area contributed by atoms with Crippen molar-refractivity contribution in [3.63, 3.8) is 0 Å². The monoisotopic (exact) mass is 416 g/mol. The Labute approximate surface area is 167 Å². The van der Waals surface area contributed by atoms with Crippen molar-refractivity contribution in [1.29, 1.82) is 0 Å². The smallest absolute Gasteiger partial charge is 0.303 e. The van der Waals surface area contributed by atoms with E-state index in [9.17, 15) is 13.2 Å². The quantitative estimate of drug-likeness (QED) is 0.599. The van der Waals surface area contributed by atoms with Gasteiger partial charge in [0.1, 0.15) is 11.8 Å². The number of carbonyl (C=O) groups is 1. The Bertz CT molecular complexity index is 1150. The summed E-state index contributed by atoms with van der Waals surface area (Å²) in [5.41, 5.74) is 1.45. The molecular weight excluding hydrogens is 396 g/mol. The van der Waals surface area contributed by atoms with Crippen molar-refractivity contribution >= 4 is 38.6 Å². The van der Waals surface area contributed by atoms with E-state index >= 15 is 0 Å². The summed E-state index contributed by atoms with van der Waals surface area (Å²) in [7, 11) is -3.46. The van der Waals surface area contributed by atoms with E-state index in [2.05, 4.69) is 4.98 Å². The van der Waals surface area contributed by atoms with Crippen LogP contribution < -0.4 is 0 Å². The fraction of sp³-hybridized carbons (Fsp3) is 0.300. The summed E-state index contributed by atoms with van der Waals surface area (Å²) < 4.78 is 32.6. The topological polar surface area (TPSA) is 78.3 Å². The molecule has 6 nitrogen and oxygen atoms in total. The second kappa shape index (κ2) is 7.25. The zero-order valence-corrected chi connectivity index (χ0v) is 17.2. The predicted molar refractivity (Wildman–Crippen MR) is 107 cm³/mol. The molecule has 3 heterocycles. The van der Waals surface area contributed by atoms with Crippen molar-refractivity contribution in [2.75, 3.05) is 6.26 Å². The number of aromatic nitrogens is 2. The summed E-state index contributed by atoms with van der Waals surface area (Å²) in [6.45, 7) is 2.10. The first-order valence-electron chi connectivity index (χ1n) is 8.97. The highest BCUT2D eigenvalue weighted by molar-refractivity contribution is 7.99. The van der Waals surface area contributed by atoms with E-state index in [0.717, 1.165) is 21.9 Å². The van der Waals surface area contributed by atoms with E-state index < -0.39 is 15.9 Å². The van der Waals surface area contributed by atoms with Crippen LogP contribution in [0, 0.1) is 0 Å². The molecule has 0 bridgehead atoms. The normalized spacial score (nSPS) is 16.7. The Kier molecular flexibility index (Phi) is 4.93. The van der Waals surface area contributed by atoms with Gasteiger partial charge in [-0.05, 0) is 31.0 Å². The third-order valence-electron chi connectivity index (χ3n) is 4.72. The second-order valence-corrected chi connectivity index (χ2v) is 9.87. The van der Waals surface area contributed by atoms with Gasteiger partial charge in [0.2, 0.25) is 0 Å². The first-order valence-corrected chi connectivity index (χ1v) is 11.7. The number of pyridine rings is 1. The maximum atomic E-state index is 12.5. The highest BCUT2D eigenvalue weighted by Crippen LogP contribution is 2.46. The first kappa shape index (κ1) is 19.0. The zero-order chi connectivity index (χ0) is 19.9. The lowest BCUT2D eigenvalue weighted by Crippen LogP contribution is -2.19. The van der Waals surface area contributed by atoms with Crippen molar-refractivity contribution in [2.24, 2.45) is 0 Å². The van der Waals surface area contributed by atoms with Crippen molar-refractivity contribution in [1.82, 2.24) is 9.55 Å². The zero-order valence-electron chi connectivity index (χ0n) is 15.6. The molecule has 4 rings (SSSR count). The number of ether oxygens (including phenoxy) is 1. The van der Waals surface area contributed by atoms with Gasteiger partial charge >= 0.3 is 5.97 Å². The molecule has 1 atom stereocenters. The molecule has 0 saturated carbocycles. The number of sulfone groups is 1. The fourth-order valence-corrected chi connectivity index (χ4v) is 5.78. The molecule has 0 aliphatic carbocycles. The van der Waals surface area contributed by atoms with Crippen LogP contribution in [-0.2, 0) is 25.9 Å². The maximum Gasteiger partial charge on any atom is 0.303 e. The largest absolute Gasteiger partial charge is 0.456 e. The van der Waals surface area contributed by atoms with Crippen LogP contribution in [0.15, 0.2) is 57.3 Å². The minimum absolute atomic E-state index is 0.249. The van der Waals surface area contributed by atoms with Gasteiger partial charge in [-0.15, -0.1) is 0 Å². The molecule has 0 spiro atoms. The van der Waals surface area contributed by atoms with Crippen LogP contribution in [0.3, 0.4) is 0 Å². The van der Waals surface area contributed by atoms with Crippen molar-refractivity contribution in [3.05, 3.63) is 48.3 Å². The summed E-state index contributed by atoms with van der Waals surface area (Å²) in [6, 6.07) is 11.3. The maximum absolute atomic E-state index is 12.5. The van der Waals surface area contributed by atoms with Crippen LogP contribution in [-0.4, -0.2) is 30.2 Å². The lowest BCUT2D eigenvalue weighted by Gasteiger charge is -2.25. The van der Waals surface area contributed by atoms with Gasteiger partial charge in [-0.1, -0.05) is 30.0 Å². The molecule has 146 valence electrons. The van der Waals surface area contributed by atoms with Crippen LogP contribution in [0.5, 0.6) is 0 Å². The van der Waals surface area contributed by atoms with Gasteiger partial charge in [0.25, 0.3) is 0 Å².